The Morgan fingerprint density at radius 3 is 2.90 bits per heavy atom. The lowest BCUT2D eigenvalue weighted by atomic mass is 9.85. The number of benzene rings is 1. The van der Waals surface area contributed by atoms with Gasteiger partial charge < -0.3 is 11.1 Å². The highest BCUT2D eigenvalue weighted by Crippen LogP contribution is 2.32. The van der Waals surface area contributed by atoms with Crippen LogP contribution in [0.15, 0.2) is 40.7 Å². The van der Waals surface area contributed by atoms with Crippen molar-refractivity contribution in [3.05, 3.63) is 47.2 Å². The molecule has 3 N–H and O–H groups in total. The number of carbonyl (C=O) groups excluding carboxylic acids is 1. The number of carbonyl (C=O) groups is 1. The van der Waals surface area contributed by atoms with Gasteiger partial charge in [0.25, 0.3) is 0 Å². The van der Waals surface area contributed by atoms with E-state index < -0.39 is 0 Å². The summed E-state index contributed by atoms with van der Waals surface area (Å²) in [5, 5.41) is 10.2. The van der Waals surface area contributed by atoms with Crippen molar-refractivity contribution in [2.45, 2.75) is 25.7 Å². The first-order valence-electron chi connectivity index (χ1n) is 6.77. The second-order valence-corrected chi connectivity index (χ2v) is 5.28. The van der Waals surface area contributed by atoms with Crippen LogP contribution in [0, 0.1) is 6.92 Å². The predicted octanol–water partition coefficient (Wildman–Crippen LogP) is 2.40. The highest BCUT2D eigenvalue weighted by molar-refractivity contribution is 5.92. The van der Waals surface area contributed by atoms with Crippen molar-refractivity contribution < 1.29 is 9.42 Å². The van der Waals surface area contributed by atoms with E-state index in [1.54, 1.807) is 6.08 Å². The van der Waals surface area contributed by atoms with Crippen LogP contribution in [0.25, 0.3) is 0 Å². The van der Waals surface area contributed by atoms with Crippen LogP contribution in [0.4, 0.5) is 11.6 Å². The Labute approximate surface area is 122 Å². The second kappa shape index (κ2) is 5.40. The molecule has 0 spiro atoms. The molecule has 6 heteroatoms. The van der Waals surface area contributed by atoms with Crippen molar-refractivity contribution in [2.24, 2.45) is 0 Å². The van der Waals surface area contributed by atoms with Gasteiger partial charge in [0.15, 0.2) is 5.78 Å². The number of allylic oxidation sites excluding steroid dienone is 2. The first-order valence-corrected chi connectivity index (χ1v) is 6.77. The van der Waals surface area contributed by atoms with Crippen LogP contribution in [0.1, 0.15) is 29.9 Å². The molecule has 0 amide bonds. The molecule has 6 nitrogen and oxygen atoms in total. The molecule has 0 unspecified atom stereocenters. The average molecular weight is 284 g/mol. The molecule has 0 saturated heterocycles. The number of nitrogens with zero attached hydrogens (tertiary/aromatic N) is 2. The highest BCUT2D eigenvalue weighted by Gasteiger charge is 2.23. The third-order valence-electron chi connectivity index (χ3n) is 3.56. The van der Waals surface area contributed by atoms with Crippen LogP contribution in [0.2, 0.25) is 0 Å². The first-order chi connectivity index (χ1) is 10.1. The minimum Gasteiger partial charge on any atom is -0.378 e. The number of rotatable bonds is 3. The van der Waals surface area contributed by atoms with Crippen molar-refractivity contribution in [1.29, 1.82) is 0 Å². The Bertz CT molecular complexity index is 705. The molecule has 1 aliphatic rings. The maximum Gasteiger partial charge on any atom is 0.219 e. The van der Waals surface area contributed by atoms with E-state index in [0.717, 1.165) is 12.1 Å². The lowest BCUT2D eigenvalue weighted by molar-refractivity contribution is -0.115. The van der Waals surface area contributed by atoms with Gasteiger partial charge in [-0.25, -0.2) is 4.63 Å². The van der Waals surface area contributed by atoms with Crippen LogP contribution in [0.5, 0.6) is 0 Å². The molecule has 1 aromatic carbocycles. The minimum atomic E-state index is 0.0882. The SMILES string of the molecule is Cc1cccc([C@@H]2CC(=O)C=C(Nc3nonc3N)C2)c1. The van der Waals surface area contributed by atoms with E-state index in [4.69, 9.17) is 5.73 Å². The monoisotopic (exact) mass is 284 g/mol. The number of hydrogen-bond donors (Lipinski definition) is 2. The highest BCUT2D eigenvalue weighted by atomic mass is 16.6. The Kier molecular flexibility index (Phi) is 3.43. The van der Waals surface area contributed by atoms with Gasteiger partial charge in [0, 0.05) is 18.2 Å². The summed E-state index contributed by atoms with van der Waals surface area (Å²) in [4.78, 5) is 11.9. The molecular formula is C15H16N4O2. The number of aromatic nitrogens is 2. The van der Waals surface area contributed by atoms with Crippen molar-refractivity contribution >= 4 is 17.4 Å². The summed E-state index contributed by atoms with van der Waals surface area (Å²) in [5.41, 5.74) is 8.75. The third kappa shape index (κ3) is 2.94. The van der Waals surface area contributed by atoms with Gasteiger partial charge in [0.1, 0.15) is 0 Å². The van der Waals surface area contributed by atoms with E-state index in [-0.39, 0.29) is 17.5 Å². The van der Waals surface area contributed by atoms with Gasteiger partial charge in [-0.15, -0.1) is 0 Å². The molecule has 2 aromatic rings. The second-order valence-electron chi connectivity index (χ2n) is 5.28. The van der Waals surface area contributed by atoms with Crippen molar-refractivity contribution in [2.75, 3.05) is 11.1 Å². The molecule has 1 heterocycles. The number of nitrogens with two attached hydrogens (primary N) is 1. The molecule has 1 aromatic heterocycles. The summed E-state index contributed by atoms with van der Waals surface area (Å²) in [6.07, 6.45) is 2.84. The normalized spacial score (nSPS) is 18.4. The fourth-order valence-electron chi connectivity index (χ4n) is 2.57. The summed E-state index contributed by atoms with van der Waals surface area (Å²) in [6.45, 7) is 2.05. The maximum atomic E-state index is 11.9. The maximum absolute atomic E-state index is 11.9. The van der Waals surface area contributed by atoms with Crippen molar-refractivity contribution in [3.63, 3.8) is 0 Å². The quantitative estimate of drug-likeness (QED) is 0.898. The van der Waals surface area contributed by atoms with Crippen LogP contribution in [0.3, 0.4) is 0 Å². The predicted molar refractivity (Wildman–Crippen MR) is 78.6 cm³/mol. The number of nitrogens with one attached hydrogen (secondary N) is 1. The molecule has 0 bridgehead atoms. The Morgan fingerprint density at radius 2 is 2.19 bits per heavy atom. The fraction of sp³-hybridized carbons (Fsp3) is 0.267. The average Bonchev–Trinajstić information content (AvgIpc) is 2.84. The Balaban J connectivity index is 1.80. The number of nitrogen functional groups attached to an aromatic ring is 1. The van der Waals surface area contributed by atoms with Crippen molar-refractivity contribution in [1.82, 2.24) is 10.3 Å². The fourth-order valence-corrected chi connectivity index (χ4v) is 2.57. The number of aryl methyl sites for hydroxylation is 1. The summed E-state index contributed by atoms with van der Waals surface area (Å²) < 4.78 is 4.54. The first kappa shape index (κ1) is 13.4. The van der Waals surface area contributed by atoms with E-state index >= 15 is 0 Å². The summed E-state index contributed by atoms with van der Waals surface area (Å²) >= 11 is 0. The smallest absolute Gasteiger partial charge is 0.219 e. The largest absolute Gasteiger partial charge is 0.378 e. The van der Waals surface area contributed by atoms with Gasteiger partial charge in [0.05, 0.1) is 0 Å². The number of ketones is 1. The van der Waals surface area contributed by atoms with E-state index in [1.807, 2.05) is 19.1 Å². The van der Waals surface area contributed by atoms with Crippen molar-refractivity contribution in [3.8, 4) is 0 Å². The summed E-state index contributed by atoms with van der Waals surface area (Å²) in [6, 6.07) is 8.23. The van der Waals surface area contributed by atoms with Gasteiger partial charge in [-0.05, 0) is 35.1 Å². The lowest BCUT2D eigenvalue weighted by Crippen LogP contribution is -2.17. The van der Waals surface area contributed by atoms with E-state index in [9.17, 15) is 4.79 Å². The van der Waals surface area contributed by atoms with Gasteiger partial charge in [-0.1, -0.05) is 29.8 Å². The van der Waals surface area contributed by atoms with Gasteiger partial charge in [0.2, 0.25) is 11.6 Å². The molecule has 3 rings (SSSR count). The van der Waals surface area contributed by atoms with Crippen LogP contribution in [-0.2, 0) is 4.79 Å². The molecule has 0 fully saturated rings. The molecule has 0 aliphatic heterocycles. The standard InChI is InChI=1S/C15H16N4O2/c1-9-3-2-4-10(5-9)11-6-12(8-13(20)7-11)17-15-14(16)18-21-19-15/h2-5,8,11H,6-7H2,1H3,(H2,16,18)(H,17,19)/t11-/m0/s1. The number of anilines is 2. The molecular weight excluding hydrogens is 268 g/mol. The summed E-state index contributed by atoms with van der Waals surface area (Å²) in [5.74, 6) is 0.774. The van der Waals surface area contributed by atoms with E-state index in [1.165, 1.54) is 11.1 Å². The molecule has 0 saturated carbocycles. The zero-order valence-electron chi connectivity index (χ0n) is 11.7. The minimum absolute atomic E-state index is 0.0882. The lowest BCUT2D eigenvalue weighted by Gasteiger charge is -2.23. The van der Waals surface area contributed by atoms with Crippen LogP contribution < -0.4 is 11.1 Å². The Hall–Kier alpha value is -2.63. The van der Waals surface area contributed by atoms with E-state index in [2.05, 4.69) is 32.4 Å². The third-order valence-corrected chi connectivity index (χ3v) is 3.56. The van der Waals surface area contributed by atoms with Gasteiger partial charge in [-0.3, -0.25) is 4.79 Å². The van der Waals surface area contributed by atoms with E-state index in [0.29, 0.717) is 12.2 Å². The number of hydrogen-bond acceptors (Lipinski definition) is 6. The molecule has 108 valence electrons. The Morgan fingerprint density at radius 1 is 1.33 bits per heavy atom. The molecule has 21 heavy (non-hydrogen) atoms. The molecule has 1 atom stereocenters. The molecule has 1 aliphatic carbocycles. The summed E-state index contributed by atoms with van der Waals surface area (Å²) in [7, 11) is 0. The zero-order chi connectivity index (χ0) is 14.8. The van der Waals surface area contributed by atoms with Crippen LogP contribution >= 0.6 is 0 Å². The topological polar surface area (TPSA) is 94.0 Å². The van der Waals surface area contributed by atoms with Crippen LogP contribution in [-0.4, -0.2) is 16.1 Å². The van der Waals surface area contributed by atoms with Gasteiger partial charge in [-0.2, -0.15) is 0 Å². The zero-order valence-corrected chi connectivity index (χ0v) is 11.7. The molecule has 0 radical (unpaired) electrons. The van der Waals surface area contributed by atoms with Gasteiger partial charge >= 0.3 is 0 Å².